The molecule has 2 heteroatoms. The van der Waals surface area contributed by atoms with Crippen LogP contribution in [-0.2, 0) is 0 Å². The van der Waals surface area contributed by atoms with Crippen LogP contribution in [0.2, 0.25) is 14.8 Å². The first-order valence-corrected chi connectivity index (χ1v) is 13.3. The van der Waals surface area contributed by atoms with Gasteiger partial charge in [0.05, 0.1) is 0 Å². The molecule has 0 fully saturated rings. The third-order valence-corrected chi connectivity index (χ3v) is 4.74. The first kappa shape index (κ1) is 7.76. The van der Waals surface area contributed by atoms with E-state index in [-0.39, 0.29) is 0 Å². The van der Waals surface area contributed by atoms with Crippen molar-refractivity contribution in [3.05, 3.63) is 0 Å². The molecule has 7 heavy (non-hydrogen) atoms. The van der Waals surface area contributed by atoms with Crippen molar-refractivity contribution >= 4 is 18.4 Å². The summed E-state index contributed by atoms with van der Waals surface area (Å²) in [6, 6.07) is 0. The topological polar surface area (TPSA) is 12.0 Å². The molecule has 0 heterocycles. The van der Waals surface area contributed by atoms with E-state index >= 15 is 0 Å². The molecule has 0 aromatic heterocycles. The quantitative estimate of drug-likeness (QED) is 0.669. The van der Waals surface area contributed by atoms with E-state index in [0.717, 1.165) is 0 Å². The predicted molar refractivity (Wildman–Crippen MR) is 37.3 cm³/mol. The summed E-state index contributed by atoms with van der Waals surface area (Å²) >= 11 is -1.39. The van der Waals surface area contributed by atoms with Crippen LogP contribution in [0.4, 0.5) is 0 Å². The zero-order chi connectivity index (χ0) is 5.91. The van der Waals surface area contributed by atoms with E-state index in [1.165, 1.54) is 4.56 Å². The molecule has 1 nitrogen and oxygen atoms in total. The third kappa shape index (κ3) is 6.76. The average Bonchev–Trinajstić information content (AvgIpc) is 1.30. The maximum atomic E-state index is 3.20. The SMILES string of the molecule is CN[CH2][Sn]([CH3])([CH3])[CH3]. The summed E-state index contributed by atoms with van der Waals surface area (Å²) in [4.78, 5) is 7.27. The van der Waals surface area contributed by atoms with Gasteiger partial charge in [0, 0.05) is 0 Å². The Kier molecular flexibility index (Phi) is 3.24. The van der Waals surface area contributed by atoms with Crippen molar-refractivity contribution in [3.8, 4) is 0 Å². The van der Waals surface area contributed by atoms with Crippen molar-refractivity contribution in [2.45, 2.75) is 14.8 Å². The second-order valence-electron chi connectivity index (χ2n) is 3.09. The van der Waals surface area contributed by atoms with Crippen molar-refractivity contribution < 1.29 is 0 Å². The van der Waals surface area contributed by atoms with Crippen molar-refractivity contribution in [1.82, 2.24) is 5.32 Å². The van der Waals surface area contributed by atoms with E-state index in [4.69, 9.17) is 0 Å². The van der Waals surface area contributed by atoms with Gasteiger partial charge in [0.25, 0.3) is 0 Å². The van der Waals surface area contributed by atoms with Crippen LogP contribution in [0.15, 0.2) is 0 Å². The third-order valence-electron chi connectivity index (χ3n) is 0.707. The van der Waals surface area contributed by atoms with Crippen LogP contribution >= 0.6 is 0 Å². The van der Waals surface area contributed by atoms with E-state index in [2.05, 4.69) is 20.1 Å². The Morgan fingerprint density at radius 3 is 1.71 bits per heavy atom. The number of nitrogens with one attached hydrogen (secondary N) is 1. The number of rotatable bonds is 2. The van der Waals surface area contributed by atoms with Gasteiger partial charge in [-0.25, -0.2) is 0 Å². The summed E-state index contributed by atoms with van der Waals surface area (Å²) in [5.74, 6) is 0. The van der Waals surface area contributed by atoms with Crippen LogP contribution in [0.5, 0.6) is 0 Å². The van der Waals surface area contributed by atoms with Crippen LogP contribution in [0.1, 0.15) is 0 Å². The molecule has 0 spiro atoms. The van der Waals surface area contributed by atoms with Gasteiger partial charge in [-0.3, -0.25) is 0 Å². The zero-order valence-corrected chi connectivity index (χ0v) is 8.56. The van der Waals surface area contributed by atoms with Crippen molar-refractivity contribution in [2.24, 2.45) is 0 Å². The minimum absolute atomic E-state index is 1.30. The van der Waals surface area contributed by atoms with Gasteiger partial charge >= 0.3 is 50.1 Å². The molecule has 0 saturated carbocycles. The van der Waals surface area contributed by atoms with Gasteiger partial charge in [0.2, 0.25) is 0 Å². The molecule has 0 unspecified atom stereocenters. The van der Waals surface area contributed by atoms with E-state index in [9.17, 15) is 0 Å². The van der Waals surface area contributed by atoms with E-state index in [0.29, 0.717) is 0 Å². The molecule has 0 amide bonds. The average molecular weight is 208 g/mol. The summed E-state index contributed by atoms with van der Waals surface area (Å²) in [5, 5.41) is 3.20. The minimum atomic E-state index is -1.39. The summed E-state index contributed by atoms with van der Waals surface area (Å²) in [7, 11) is 2.03. The van der Waals surface area contributed by atoms with Gasteiger partial charge in [-0.2, -0.15) is 0 Å². The molecule has 0 rings (SSSR count). The van der Waals surface area contributed by atoms with Crippen LogP contribution in [-0.4, -0.2) is 30.0 Å². The number of hydrogen-bond acceptors (Lipinski definition) is 1. The maximum absolute atomic E-state index is 3.20. The molecule has 0 aromatic carbocycles. The molecule has 0 aliphatic rings. The zero-order valence-electron chi connectivity index (χ0n) is 5.71. The fourth-order valence-electron chi connectivity index (χ4n) is 0.530. The van der Waals surface area contributed by atoms with E-state index in [1.807, 2.05) is 7.05 Å². The number of hydrogen-bond donors (Lipinski definition) is 1. The van der Waals surface area contributed by atoms with Crippen molar-refractivity contribution in [2.75, 3.05) is 11.6 Å². The van der Waals surface area contributed by atoms with Gasteiger partial charge in [-0.05, 0) is 0 Å². The fraction of sp³-hybridized carbons (Fsp3) is 1.00. The summed E-state index contributed by atoms with van der Waals surface area (Å²) in [5.41, 5.74) is 0. The molecule has 0 aliphatic heterocycles. The fourth-order valence-corrected chi connectivity index (χ4v) is 3.56. The van der Waals surface area contributed by atoms with Crippen LogP contribution in [0, 0.1) is 0 Å². The second-order valence-corrected chi connectivity index (χ2v) is 18.7. The first-order valence-electron chi connectivity index (χ1n) is 2.71. The van der Waals surface area contributed by atoms with E-state index < -0.39 is 18.4 Å². The molecule has 0 aromatic rings. The molecule has 0 aliphatic carbocycles. The van der Waals surface area contributed by atoms with E-state index in [1.54, 1.807) is 0 Å². The van der Waals surface area contributed by atoms with Gasteiger partial charge in [-0.15, -0.1) is 0 Å². The molecule has 0 bridgehead atoms. The molecule has 44 valence electrons. The molecule has 0 radical (unpaired) electrons. The molecule has 0 saturated heterocycles. The Morgan fingerprint density at radius 2 is 1.71 bits per heavy atom. The molecular weight excluding hydrogens is 193 g/mol. The molecule has 1 N–H and O–H groups in total. The normalized spacial score (nSPS) is 12.0. The Morgan fingerprint density at radius 1 is 1.29 bits per heavy atom. The Labute approximate surface area is 50.4 Å². The standard InChI is InChI=1S/C2H6N.3CH3.Sn/c1-3-2;;;;/h3H,1H2,2H3;3*1H3;. The van der Waals surface area contributed by atoms with Crippen molar-refractivity contribution in [3.63, 3.8) is 0 Å². The first-order chi connectivity index (χ1) is 3.06. The summed E-state index contributed by atoms with van der Waals surface area (Å²) in [6.45, 7) is 0. The Hall–Kier alpha value is 0.759. The van der Waals surface area contributed by atoms with Crippen LogP contribution in [0.25, 0.3) is 0 Å². The van der Waals surface area contributed by atoms with Gasteiger partial charge in [-0.1, -0.05) is 0 Å². The summed E-state index contributed by atoms with van der Waals surface area (Å²) in [6.07, 6.45) is 0. The van der Waals surface area contributed by atoms with Gasteiger partial charge in [0.15, 0.2) is 0 Å². The van der Waals surface area contributed by atoms with Crippen molar-refractivity contribution in [1.29, 1.82) is 0 Å². The van der Waals surface area contributed by atoms with Gasteiger partial charge in [0.1, 0.15) is 0 Å². The van der Waals surface area contributed by atoms with Crippen LogP contribution in [0.3, 0.4) is 0 Å². The Balaban J connectivity index is 3.15. The molecule has 0 atom stereocenters. The van der Waals surface area contributed by atoms with Crippen LogP contribution < -0.4 is 5.32 Å². The predicted octanol–water partition coefficient (Wildman–Crippen LogP) is 1.08. The summed E-state index contributed by atoms with van der Waals surface area (Å²) < 4.78 is 1.30. The monoisotopic (exact) mass is 209 g/mol. The van der Waals surface area contributed by atoms with Gasteiger partial charge < -0.3 is 0 Å². The second kappa shape index (κ2) is 2.92. The Bertz CT molecular complexity index is 46.5. The molecular formula is C5H15NSn.